The van der Waals surface area contributed by atoms with E-state index in [1.165, 1.54) is 11.1 Å². The highest BCUT2D eigenvalue weighted by Crippen LogP contribution is 2.26. The normalized spacial score (nSPS) is 12.6. The molecule has 1 heterocycles. The minimum atomic E-state index is 0.333. The highest BCUT2D eigenvalue weighted by molar-refractivity contribution is 9.10. The fourth-order valence-electron chi connectivity index (χ4n) is 2.00. The summed E-state index contributed by atoms with van der Waals surface area (Å²) in [5.74, 6) is 0. The van der Waals surface area contributed by atoms with Crippen LogP contribution < -0.4 is 5.32 Å². The second-order valence-electron chi connectivity index (χ2n) is 4.21. The molecule has 2 aromatic rings. The summed E-state index contributed by atoms with van der Waals surface area (Å²) in [6.45, 7) is 0. The molecule has 0 saturated carbocycles. The molecule has 0 aliphatic carbocycles. The molecule has 0 fully saturated rings. The van der Waals surface area contributed by atoms with E-state index in [1.807, 2.05) is 19.2 Å². The van der Waals surface area contributed by atoms with Gasteiger partial charge in [0.05, 0.1) is 0 Å². The highest BCUT2D eigenvalue weighted by Gasteiger charge is 2.11. The number of hydrogen-bond acceptors (Lipinski definition) is 2. The summed E-state index contributed by atoms with van der Waals surface area (Å²) in [6, 6.07) is 8.59. The van der Waals surface area contributed by atoms with E-state index in [-0.39, 0.29) is 0 Å². The monoisotopic (exact) mass is 343 g/mol. The second-order valence-corrected chi connectivity index (χ2v) is 6.35. The van der Waals surface area contributed by atoms with Gasteiger partial charge in [-0.05, 0) is 66.0 Å². The van der Waals surface area contributed by atoms with E-state index >= 15 is 0 Å². The summed E-state index contributed by atoms with van der Waals surface area (Å²) >= 11 is 11.3. The molecule has 1 nitrogen and oxygen atoms in total. The standard InChI is InChI=1S/C14H15BrClNS/c1-17-14(3-2-10-4-5-18-9-10)11-6-12(15)8-13(16)7-11/h4-9,14,17H,2-3H2,1H3. The first-order chi connectivity index (χ1) is 8.69. The summed E-state index contributed by atoms with van der Waals surface area (Å²) in [7, 11) is 1.99. The fraction of sp³-hybridized carbons (Fsp3) is 0.286. The van der Waals surface area contributed by atoms with E-state index in [9.17, 15) is 0 Å². The topological polar surface area (TPSA) is 12.0 Å². The van der Waals surface area contributed by atoms with Crippen LogP contribution in [-0.2, 0) is 6.42 Å². The molecule has 1 atom stereocenters. The molecule has 18 heavy (non-hydrogen) atoms. The number of hydrogen-bond donors (Lipinski definition) is 1. The van der Waals surface area contributed by atoms with Crippen molar-refractivity contribution in [1.82, 2.24) is 5.32 Å². The number of nitrogens with one attached hydrogen (secondary N) is 1. The van der Waals surface area contributed by atoms with Gasteiger partial charge in [0.1, 0.15) is 0 Å². The molecule has 2 rings (SSSR count). The van der Waals surface area contributed by atoms with Crippen molar-refractivity contribution in [3.8, 4) is 0 Å². The van der Waals surface area contributed by atoms with E-state index < -0.39 is 0 Å². The van der Waals surface area contributed by atoms with Gasteiger partial charge in [0, 0.05) is 15.5 Å². The maximum atomic E-state index is 6.09. The Labute approximate surface area is 125 Å². The molecule has 0 spiro atoms. The van der Waals surface area contributed by atoms with Crippen molar-refractivity contribution in [2.45, 2.75) is 18.9 Å². The predicted molar refractivity (Wildman–Crippen MR) is 83.6 cm³/mol. The Morgan fingerprint density at radius 3 is 2.83 bits per heavy atom. The van der Waals surface area contributed by atoms with Gasteiger partial charge in [-0.2, -0.15) is 11.3 Å². The molecule has 0 aliphatic rings. The Morgan fingerprint density at radius 1 is 1.39 bits per heavy atom. The molecule has 4 heteroatoms. The van der Waals surface area contributed by atoms with Gasteiger partial charge in [0.2, 0.25) is 0 Å². The smallest absolute Gasteiger partial charge is 0.0420 e. The van der Waals surface area contributed by atoms with Crippen LogP contribution in [0.4, 0.5) is 0 Å². The minimum absolute atomic E-state index is 0.333. The molecule has 1 unspecified atom stereocenters. The van der Waals surface area contributed by atoms with Crippen LogP contribution in [0.3, 0.4) is 0 Å². The molecule has 0 bridgehead atoms. The molecule has 1 N–H and O–H groups in total. The Morgan fingerprint density at radius 2 is 2.22 bits per heavy atom. The quantitative estimate of drug-likeness (QED) is 0.799. The number of thiophene rings is 1. The Bertz CT molecular complexity index is 478. The third kappa shape index (κ3) is 3.82. The van der Waals surface area contributed by atoms with Crippen molar-refractivity contribution in [3.05, 3.63) is 55.6 Å². The van der Waals surface area contributed by atoms with E-state index in [1.54, 1.807) is 11.3 Å². The molecule has 1 aromatic heterocycles. The zero-order valence-electron chi connectivity index (χ0n) is 10.1. The van der Waals surface area contributed by atoms with Crippen LogP contribution in [0.25, 0.3) is 0 Å². The lowest BCUT2D eigenvalue weighted by Crippen LogP contribution is -2.17. The van der Waals surface area contributed by atoms with E-state index in [0.29, 0.717) is 6.04 Å². The van der Waals surface area contributed by atoms with Crippen LogP contribution in [0.5, 0.6) is 0 Å². The average molecular weight is 345 g/mol. The molecule has 96 valence electrons. The van der Waals surface area contributed by atoms with Crippen LogP contribution in [0, 0.1) is 0 Å². The van der Waals surface area contributed by atoms with Crippen molar-refractivity contribution in [3.63, 3.8) is 0 Å². The first-order valence-electron chi connectivity index (χ1n) is 5.83. The minimum Gasteiger partial charge on any atom is -0.313 e. The number of aryl methyl sites for hydroxylation is 1. The molecule has 0 saturated heterocycles. The van der Waals surface area contributed by atoms with Crippen molar-refractivity contribution >= 4 is 38.9 Å². The zero-order valence-corrected chi connectivity index (χ0v) is 13.3. The Kier molecular flexibility index (Phi) is 5.25. The maximum Gasteiger partial charge on any atom is 0.0420 e. The summed E-state index contributed by atoms with van der Waals surface area (Å²) in [5, 5.41) is 8.47. The molecule has 0 aliphatic heterocycles. The van der Waals surface area contributed by atoms with Gasteiger partial charge in [-0.1, -0.05) is 27.5 Å². The maximum absolute atomic E-state index is 6.09. The van der Waals surface area contributed by atoms with Crippen LogP contribution in [0.1, 0.15) is 23.6 Å². The molecular formula is C14H15BrClNS. The van der Waals surface area contributed by atoms with Crippen molar-refractivity contribution in [1.29, 1.82) is 0 Å². The van der Waals surface area contributed by atoms with Gasteiger partial charge in [-0.3, -0.25) is 0 Å². The van der Waals surface area contributed by atoms with Crippen molar-refractivity contribution in [2.75, 3.05) is 7.05 Å². The first kappa shape index (κ1) is 14.1. The summed E-state index contributed by atoms with van der Waals surface area (Å²) in [5.41, 5.74) is 2.63. The lowest BCUT2D eigenvalue weighted by molar-refractivity contribution is 0.549. The van der Waals surface area contributed by atoms with Crippen molar-refractivity contribution < 1.29 is 0 Å². The van der Waals surface area contributed by atoms with E-state index in [2.05, 4.69) is 44.1 Å². The lowest BCUT2D eigenvalue weighted by Gasteiger charge is -2.17. The summed E-state index contributed by atoms with van der Waals surface area (Å²) in [4.78, 5) is 0. The lowest BCUT2D eigenvalue weighted by atomic mass is 10.0. The summed E-state index contributed by atoms with van der Waals surface area (Å²) < 4.78 is 1.03. The second kappa shape index (κ2) is 6.71. The first-order valence-corrected chi connectivity index (χ1v) is 7.95. The van der Waals surface area contributed by atoms with Gasteiger partial charge < -0.3 is 5.32 Å². The third-order valence-electron chi connectivity index (χ3n) is 2.94. The van der Waals surface area contributed by atoms with Gasteiger partial charge in [-0.25, -0.2) is 0 Å². The average Bonchev–Trinajstić information content (AvgIpc) is 2.81. The van der Waals surface area contributed by atoms with Gasteiger partial charge in [0.25, 0.3) is 0 Å². The molecular weight excluding hydrogens is 330 g/mol. The fourth-order valence-corrected chi connectivity index (χ4v) is 3.59. The van der Waals surface area contributed by atoms with Crippen LogP contribution in [-0.4, -0.2) is 7.05 Å². The van der Waals surface area contributed by atoms with Crippen LogP contribution in [0.2, 0.25) is 5.02 Å². The Balaban J connectivity index is 2.07. The third-order valence-corrected chi connectivity index (χ3v) is 4.35. The number of benzene rings is 1. The molecule has 0 amide bonds. The van der Waals surface area contributed by atoms with E-state index in [4.69, 9.17) is 11.6 Å². The van der Waals surface area contributed by atoms with Crippen molar-refractivity contribution in [2.24, 2.45) is 0 Å². The van der Waals surface area contributed by atoms with Gasteiger partial charge in [-0.15, -0.1) is 0 Å². The van der Waals surface area contributed by atoms with Crippen LogP contribution >= 0.6 is 38.9 Å². The SMILES string of the molecule is CNC(CCc1ccsc1)c1cc(Cl)cc(Br)c1. The molecule has 1 aromatic carbocycles. The number of halogens is 2. The Hall–Kier alpha value is -0.350. The van der Waals surface area contributed by atoms with Gasteiger partial charge >= 0.3 is 0 Å². The predicted octanol–water partition coefficient (Wildman–Crippen LogP) is 5.06. The largest absolute Gasteiger partial charge is 0.313 e. The number of rotatable bonds is 5. The zero-order chi connectivity index (χ0) is 13.0. The summed E-state index contributed by atoms with van der Waals surface area (Å²) in [6.07, 6.45) is 2.15. The highest BCUT2D eigenvalue weighted by atomic mass is 79.9. The van der Waals surface area contributed by atoms with Crippen LogP contribution in [0.15, 0.2) is 39.5 Å². The van der Waals surface area contributed by atoms with Gasteiger partial charge in [0.15, 0.2) is 0 Å². The molecule has 0 radical (unpaired) electrons. The van der Waals surface area contributed by atoms with E-state index in [0.717, 1.165) is 22.3 Å².